The molecule has 0 saturated carbocycles. The van der Waals surface area contributed by atoms with E-state index in [-0.39, 0.29) is 17.4 Å². The van der Waals surface area contributed by atoms with E-state index in [2.05, 4.69) is 10.3 Å². The van der Waals surface area contributed by atoms with Gasteiger partial charge >= 0.3 is 5.97 Å². The monoisotopic (exact) mass is 274 g/mol. The van der Waals surface area contributed by atoms with Crippen LogP contribution >= 0.6 is 0 Å². The van der Waals surface area contributed by atoms with Crippen LogP contribution in [0, 0.1) is 5.92 Å². The largest absolute Gasteiger partial charge is 0.467 e. The van der Waals surface area contributed by atoms with E-state index >= 15 is 0 Å². The first-order valence-corrected chi connectivity index (χ1v) is 6.49. The second-order valence-corrected chi connectivity index (χ2v) is 4.99. The number of methoxy groups -OCH3 is 1. The van der Waals surface area contributed by atoms with Crippen molar-refractivity contribution >= 4 is 22.6 Å². The van der Waals surface area contributed by atoms with Gasteiger partial charge in [-0.3, -0.25) is 4.79 Å². The Bertz CT molecular complexity index is 676. The number of nitrogens with one attached hydrogen (secondary N) is 2. The lowest BCUT2D eigenvalue weighted by atomic mass is 10.0. The second kappa shape index (κ2) is 5.77. The van der Waals surface area contributed by atoms with Gasteiger partial charge in [0.15, 0.2) is 0 Å². The van der Waals surface area contributed by atoms with Crippen LogP contribution in [0.15, 0.2) is 35.1 Å². The van der Waals surface area contributed by atoms with Gasteiger partial charge in [0.2, 0.25) is 0 Å². The quantitative estimate of drug-likeness (QED) is 0.838. The van der Waals surface area contributed by atoms with Gasteiger partial charge in [-0.1, -0.05) is 32.0 Å². The Morgan fingerprint density at radius 3 is 2.65 bits per heavy atom. The molecule has 0 spiro atoms. The Balaban J connectivity index is 2.38. The zero-order chi connectivity index (χ0) is 14.7. The van der Waals surface area contributed by atoms with E-state index in [0.29, 0.717) is 11.2 Å². The molecule has 106 valence electrons. The normalized spacial score (nSPS) is 12.4. The minimum Gasteiger partial charge on any atom is -0.467 e. The molecular formula is C15H18N2O3. The maximum atomic E-state index is 12.0. The van der Waals surface area contributed by atoms with E-state index in [4.69, 9.17) is 4.74 Å². The summed E-state index contributed by atoms with van der Waals surface area (Å²) in [5.41, 5.74) is -0.182. The molecule has 0 fully saturated rings. The number of carbonyl (C=O) groups excluding carboxylic acids is 1. The van der Waals surface area contributed by atoms with E-state index < -0.39 is 6.04 Å². The van der Waals surface area contributed by atoms with Gasteiger partial charge in [0, 0.05) is 5.39 Å². The number of hydrogen-bond acceptors (Lipinski definition) is 4. The van der Waals surface area contributed by atoms with Crippen molar-refractivity contribution in [1.29, 1.82) is 0 Å². The number of hydrogen-bond donors (Lipinski definition) is 2. The first-order valence-electron chi connectivity index (χ1n) is 6.49. The summed E-state index contributed by atoms with van der Waals surface area (Å²) in [7, 11) is 1.35. The first-order chi connectivity index (χ1) is 9.52. The predicted octanol–water partition coefficient (Wildman–Crippen LogP) is 2.14. The molecule has 0 aliphatic rings. The molecule has 1 aromatic carbocycles. The fourth-order valence-electron chi connectivity index (χ4n) is 2.08. The predicted molar refractivity (Wildman–Crippen MR) is 78.8 cm³/mol. The molecule has 5 heteroatoms. The second-order valence-electron chi connectivity index (χ2n) is 4.99. The van der Waals surface area contributed by atoms with Gasteiger partial charge < -0.3 is 15.0 Å². The van der Waals surface area contributed by atoms with E-state index in [1.807, 2.05) is 38.1 Å². The minimum absolute atomic E-state index is 0.0393. The summed E-state index contributed by atoms with van der Waals surface area (Å²) in [4.78, 5) is 26.4. The van der Waals surface area contributed by atoms with Gasteiger partial charge in [-0.25, -0.2) is 4.79 Å². The highest BCUT2D eigenvalue weighted by Gasteiger charge is 2.23. The SMILES string of the molecule is COC(=O)C(Nc1cc2ccccc2c(=O)[nH]1)C(C)C. The summed E-state index contributed by atoms with van der Waals surface area (Å²) >= 11 is 0. The molecule has 1 atom stereocenters. The molecule has 2 aromatic rings. The third kappa shape index (κ3) is 2.82. The maximum Gasteiger partial charge on any atom is 0.328 e. The van der Waals surface area contributed by atoms with Crippen molar-refractivity contribution in [2.45, 2.75) is 19.9 Å². The van der Waals surface area contributed by atoms with Crippen LogP contribution in [0.2, 0.25) is 0 Å². The number of fused-ring (bicyclic) bond motifs is 1. The van der Waals surface area contributed by atoms with Crippen molar-refractivity contribution in [2.75, 3.05) is 12.4 Å². The molecule has 2 rings (SSSR count). The first kappa shape index (κ1) is 14.1. The fraction of sp³-hybridized carbons (Fsp3) is 0.333. The molecule has 1 aromatic heterocycles. The van der Waals surface area contributed by atoms with Gasteiger partial charge in [0.05, 0.1) is 7.11 Å². The summed E-state index contributed by atoms with van der Waals surface area (Å²) in [6, 6.07) is 8.62. The van der Waals surface area contributed by atoms with Crippen LogP contribution < -0.4 is 10.9 Å². The van der Waals surface area contributed by atoms with Gasteiger partial charge in [-0.05, 0) is 23.4 Å². The summed E-state index contributed by atoms with van der Waals surface area (Å²) in [5, 5.41) is 4.48. The Labute approximate surface area is 117 Å². The smallest absolute Gasteiger partial charge is 0.328 e. The zero-order valence-electron chi connectivity index (χ0n) is 11.8. The number of aromatic nitrogens is 1. The van der Waals surface area contributed by atoms with Crippen LogP contribution in [0.5, 0.6) is 0 Å². The molecule has 0 bridgehead atoms. The van der Waals surface area contributed by atoms with E-state index in [1.54, 1.807) is 6.07 Å². The Kier molecular flexibility index (Phi) is 4.08. The molecule has 0 aliphatic carbocycles. The van der Waals surface area contributed by atoms with Crippen LogP contribution in [0.25, 0.3) is 10.8 Å². The van der Waals surface area contributed by atoms with Crippen LogP contribution in [0.1, 0.15) is 13.8 Å². The van der Waals surface area contributed by atoms with Crippen LogP contribution in [-0.2, 0) is 9.53 Å². The van der Waals surface area contributed by atoms with Gasteiger partial charge in [-0.2, -0.15) is 0 Å². The number of rotatable bonds is 4. The summed E-state index contributed by atoms with van der Waals surface area (Å²) < 4.78 is 4.77. The van der Waals surface area contributed by atoms with Crippen molar-refractivity contribution in [3.8, 4) is 0 Å². The van der Waals surface area contributed by atoms with Crippen LogP contribution in [-0.4, -0.2) is 24.1 Å². The van der Waals surface area contributed by atoms with Gasteiger partial charge in [0.25, 0.3) is 5.56 Å². The number of esters is 1. The lowest BCUT2D eigenvalue weighted by Gasteiger charge is -2.20. The Morgan fingerprint density at radius 1 is 1.30 bits per heavy atom. The number of aromatic amines is 1. The lowest BCUT2D eigenvalue weighted by molar-refractivity contribution is -0.142. The average molecular weight is 274 g/mol. The van der Waals surface area contributed by atoms with E-state index in [1.165, 1.54) is 7.11 Å². The number of pyridine rings is 1. The highest BCUT2D eigenvalue weighted by atomic mass is 16.5. The fourth-order valence-corrected chi connectivity index (χ4v) is 2.08. The number of benzene rings is 1. The molecule has 0 aliphatic heterocycles. The van der Waals surface area contributed by atoms with Crippen molar-refractivity contribution in [2.24, 2.45) is 5.92 Å². The third-order valence-corrected chi connectivity index (χ3v) is 3.19. The molecule has 20 heavy (non-hydrogen) atoms. The highest BCUT2D eigenvalue weighted by molar-refractivity contribution is 5.85. The van der Waals surface area contributed by atoms with E-state index in [9.17, 15) is 9.59 Å². The summed E-state index contributed by atoms with van der Waals surface area (Å²) in [5.74, 6) is 0.198. The van der Waals surface area contributed by atoms with Gasteiger partial charge in [-0.15, -0.1) is 0 Å². The molecule has 5 nitrogen and oxygen atoms in total. The lowest BCUT2D eigenvalue weighted by Crippen LogP contribution is -2.36. The summed E-state index contributed by atoms with van der Waals surface area (Å²) in [6.45, 7) is 3.82. The standard InChI is InChI=1S/C15H18N2O3/c1-9(2)13(15(19)20-3)16-12-8-10-6-4-5-7-11(10)14(18)17-12/h4-9,13H,1-3H3,(H2,16,17,18). The molecule has 0 radical (unpaired) electrons. The Hall–Kier alpha value is -2.30. The number of ether oxygens (including phenoxy) is 1. The Morgan fingerprint density at radius 2 is 2.00 bits per heavy atom. The van der Waals surface area contributed by atoms with Crippen molar-refractivity contribution < 1.29 is 9.53 Å². The van der Waals surface area contributed by atoms with Crippen molar-refractivity contribution in [1.82, 2.24) is 4.98 Å². The molecule has 2 N–H and O–H groups in total. The molecular weight excluding hydrogens is 256 g/mol. The topological polar surface area (TPSA) is 71.2 Å². The van der Waals surface area contributed by atoms with Crippen LogP contribution in [0.3, 0.4) is 0 Å². The minimum atomic E-state index is -0.503. The molecule has 1 unspecified atom stereocenters. The molecule has 0 saturated heterocycles. The average Bonchev–Trinajstić information content (AvgIpc) is 2.43. The number of H-pyrrole nitrogens is 1. The van der Waals surface area contributed by atoms with Crippen molar-refractivity contribution in [3.05, 3.63) is 40.7 Å². The van der Waals surface area contributed by atoms with Crippen molar-refractivity contribution in [3.63, 3.8) is 0 Å². The van der Waals surface area contributed by atoms with Gasteiger partial charge in [0.1, 0.15) is 11.9 Å². The zero-order valence-corrected chi connectivity index (χ0v) is 11.8. The summed E-state index contributed by atoms with van der Waals surface area (Å²) in [6.07, 6.45) is 0. The highest BCUT2D eigenvalue weighted by Crippen LogP contribution is 2.16. The molecule has 1 heterocycles. The van der Waals surface area contributed by atoms with Crippen LogP contribution in [0.4, 0.5) is 5.82 Å². The number of anilines is 1. The maximum absolute atomic E-state index is 12.0. The van der Waals surface area contributed by atoms with E-state index in [0.717, 1.165) is 5.39 Å². The molecule has 0 amide bonds. The third-order valence-electron chi connectivity index (χ3n) is 3.19. The number of carbonyl (C=O) groups is 1.